The van der Waals surface area contributed by atoms with Crippen molar-refractivity contribution in [3.63, 3.8) is 0 Å². The van der Waals surface area contributed by atoms with Gasteiger partial charge in [-0.2, -0.15) is 0 Å². The molecule has 1 spiro atoms. The van der Waals surface area contributed by atoms with Gasteiger partial charge < -0.3 is 14.6 Å². The van der Waals surface area contributed by atoms with Gasteiger partial charge in [0.1, 0.15) is 0 Å². The molecule has 0 aromatic rings. The number of aliphatic hydroxyl groups excluding tert-OH is 1. The van der Waals surface area contributed by atoms with Crippen molar-refractivity contribution in [2.24, 2.45) is 0 Å². The molecule has 0 aromatic carbocycles. The highest BCUT2D eigenvalue weighted by atomic mass is 16.7. The Labute approximate surface area is 79.0 Å². The van der Waals surface area contributed by atoms with Crippen LogP contribution in [0.3, 0.4) is 0 Å². The van der Waals surface area contributed by atoms with Crippen molar-refractivity contribution in [1.82, 2.24) is 0 Å². The van der Waals surface area contributed by atoms with Crippen LogP contribution in [0, 0.1) is 0 Å². The van der Waals surface area contributed by atoms with Crippen molar-refractivity contribution >= 4 is 0 Å². The maximum Gasteiger partial charge on any atom is 0.168 e. The van der Waals surface area contributed by atoms with Crippen LogP contribution in [0.1, 0.15) is 38.5 Å². The molecule has 3 nitrogen and oxygen atoms in total. The van der Waals surface area contributed by atoms with Crippen LogP contribution in [-0.2, 0) is 9.47 Å². The molecule has 3 heteroatoms. The Balaban J connectivity index is 1.95. The molecule has 1 saturated carbocycles. The van der Waals surface area contributed by atoms with Crippen LogP contribution in [0.2, 0.25) is 0 Å². The van der Waals surface area contributed by atoms with Gasteiger partial charge in [0.25, 0.3) is 0 Å². The first-order valence-corrected chi connectivity index (χ1v) is 5.27. The molecule has 13 heavy (non-hydrogen) atoms. The zero-order valence-electron chi connectivity index (χ0n) is 8.00. The SMILES string of the molecule is OC[C@H]1CCOC2(CCCCC2)O1. The Morgan fingerprint density at radius 3 is 2.69 bits per heavy atom. The lowest BCUT2D eigenvalue weighted by molar-refractivity contribution is -0.309. The summed E-state index contributed by atoms with van der Waals surface area (Å²) in [6, 6.07) is 0. The Morgan fingerprint density at radius 1 is 1.23 bits per heavy atom. The molecule has 0 radical (unpaired) electrons. The normalized spacial score (nSPS) is 33.5. The molecule has 1 aliphatic carbocycles. The molecular formula is C10H18O3. The summed E-state index contributed by atoms with van der Waals surface area (Å²) in [5.41, 5.74) is 0. The van der Waals surface area contributed by atoms with Gasteiger partial charge in [0, 0.05) is 12.8 Å². The number of aliphatic hydroxyl groups is 1. The summed E-state index contributed by atoms with van der Waals surface area (Å²) < 4.78 is 11.5. The van der Waals surface area contributed by atoms with Crippen molar-refractivity contribution in [2.75, 3.05) is 13.2 Å². The van der Waals surface area contributed by atoms with E-state index in [0.717, 1.165) is 25.9 Å². The summed E-state index contributed by atoms with van der Waals surface area (Å²) in [6.45, 7) is 0.871. The van der Waals surface area contributed by atoms with E-state index < -0.39 is 0 Å². The minimum Gasteiger partial charge on any atom is -0.394 e. The quantitative estimate of drug-likeness (QED) is 0.673. The van der Waals surface area contributed by atoms with Crippen molar-refractivity contribution in [1.29, 1.82) is 0 Å². The third-order valence-corrected chi connectivity index (χ3v) is 3.01. The van der Waals surface area contributed by atoms with Gasteiger partial charge in [-0.15, -0.1) is 0 Å². The van der Waals surface area contributed by atoms with E-state index in [4.69, 9.17) is 14.6 Å². The van der Waals surface area contributed by atoms with E-state index in [2.05, 4.69) is 0 Å². The molecule has 2 rings (SSSR count). The third-order valence-electron chi connectivity index (χ3n) is 3.01. The molecule has 1 saturated heterocycles. The maximum absolute atomic E-state index is 9.02. The number of hydrogen-bond acceptors (Lipinski definition) is 3. The Morgan fingerprint density at radius 2 is 2.00 bits per heavy atom. The molecular weight excluding hydrogens is 168 g/mol. The lowest BCUT2D eigenvalue weighted by Crippen LogP contribution is -2.47. The van der Waals surface area contributed by atoms with Gasteiger partial charge >= 0.3 is 0 Å². The molecule has 1 aliphatic heterocycles. The van der Waals surface area contributed by atoms with E-state index in [1.54, 1.807) is 0 Å². The Kier molecular flexibility index (Phi) is 2.86. The third kappa shape index (κ3) is 2.03. The molecule has 2 fully saturated rings. The minimum atomic E-state index is -0.329. The summed E-state index contributed by atoms with van der Waals surface area (Å²) in [5, 5.41) is 9.02. The molecule has 1 heterocycles. The van der Waals surface area contributed by atoms with Crippen molar-refractivity contribution in [3.8, 4) is 0 Å². The van der Waals surface area contributed by atoms with Crippen LogP contribution in [0.5, 0.6) is 0 Å². The zero-order chi connectivity index (χ0) is 9.15. The average Bonchev–Trinajstić information content (AvgIpc) is 2.19. The van der Waals surface area contributed by atoms with Crippen LogP contribution >= 0.6 is 0 Å². The molecule has 0 aromatic heterocycles. The van der Waals surface area contributed by atoms with Gasteiger partial charge in [-0.25, -0.2) is 0 Å². The second kappa shape index (κ2) is 3.95. The highest BCUT2D eigenvalue weighted by Gasteiger charge is 2.39. The first-order chi connectivity index (χ1) is 6.35. The van der Waals surface area contributed by atoms with Gasteiger partial charge in [-0.3, -0.25) is 0 Å². The fourth-order valence-electron chi connectivity index (χ4n) is 2.25. The van der Waals surface area contributed by atoms with Crippen LogP contribution in [0.15, 0.2) is 0 Å². The van der Waals surface area contributed by atoms with E-state index in [-0.39, 0.29) is 18.5 Å². The Hall–Kier alpha value is -0.120. The first kappa shape index (κ1) is 9.44. The summed E-state index contributed by atoms with van der Waals surface area (Å²) in [5.74, 6) is -0.329. The highest BCUT2D eigenvalue weighted by molar-refractivity contribution is 4.80. The van der Waals surface area contributed by atoms with Crippen LogP contribution in [0.4, 0.5) is 0 Å². The zero-order valence-corrected chi connectivity index (χ0v) is 8.00. The summed E-state index contributed by atoms with van der Waals surface area (Å²) >= 11 is 0. The van der Waals surface area contributed by atoms with Gasteiger partial charge in [0.2, 0.25) is 0 Å². The van der Waals surface area contributed by atoms with E-state index in [9.17, 15) is 0 Å². The lowest BCUT2D eigenvalue weighted by Gasteiger charge is -2.43. The molecule has 1 atom stereocenters. The van der Waals surface area contributed by atoms with Crippen LogP contribution < -0.4 is 0 Å². The van der Waals surface area contributed by atoms with Crippen molar-refractivity contribution in [3.05, 3.63) is 0 Å². The second-order valence-electron chi connectivity index (χ2n) is 4.03. The molecule has 76 valence electrons. The number of hydrogen-bond donors (Lipinski definition) is 1. The molecule has 0 unspecified atom stereocenters. The molecule has 2 aliphatic rings. The van der Waals surface area contributed by atoms with Crippen molar-refractivity contribution in [2.45, 2.75) is 50.4 Å². The maximum atomic E-state index is 9.02. The van der Waals surface area contributed by atoms with Gasteiger partial charge in [-0.1, -0.05) is 6.42 Å². The van der Waals surface area contributed by atoms with E-state index in [0.29, 0.717) is 0 Å². The minimum absolute atomic E-state index is 0.00634. The molecule has 0 amide bonds. The fraction of sp³-hybridized carbons (Fsp3) is 1.00. The largest absolute Gasteiger partial charge is 0.394 e. The summed E-state index contributed by atoms with van der Waals surface area (Å²) in [4.78, 5) is 0. The Bertz CT molecular complexity index is 158. The van der Waals surface area contributed by atoms with E-state index in [1.807, 2.05) is 0 Å². The summed E-state index contributed by atoms with van der Waals surface area (Å²) in [7, 11) is 0. The fourth-order valence-corrected chi connectivity index (χ4v) is 2.25. The average molecular weight is 186 g/mol. The van der Waals surface area contributed by atoms with E-state index in [1.165, 1.54) is 19.3 Å². The molecule has 1 N–H and O–H groups in total. The monoisotopic (exact) mass is 186 g/mol. The van der Waals surface area contributed by atoms with Crippen molar-refractivity contribution < 1.29 is 14.6 Å². The van der Waals surface area contributed by atoms with Gasteiger partial charge in [0.05, 0.1) is 19.3 Å². The van der Waals surface area contributed by atoms with Crippen LogP contribution in [-0.4, -0.2) is 30.2 Å². The topological polar surface area (TPSA) is 38.7 Å². The summed E-state index contributed by atoms with van der Waals surface area (Å²) in [6.07, 6.45) is 6.52. The predicted molar refractivity (Wildman–Crippen MR) is 48.3 cm³/mol. The highest BCUT2D eigenvalue weighted by Crippen LogP contribution is 2.36. The van der Waals surface area contributed by atoms with Crippen LogP contribution in [0.25, 0.3) is 0 Å². The smallest absolute Gasteiger partial charge is 0.168 e. The predicted octanol–water partition coefficient (Wildman–Crippen LogP) is 1.44. The van der Waals surface area contributed by atoms with Gasteiger partial charge in [-0.05, 0) is 19.3 Å². The lowest BCUT2D eigenvalue weighted by atomic mass is 9.93. The first-order valence-electron chi connectivity index (χ1n) is 5.27. The number of rotatable bonds is 1. The second-order valence-corrected chi connectivity index (χ2v) is 4.03. The van der Waals surface area contributed by atoms with Gasteiger partial charge in [0.15, 0.2) is 5.79 Å². The molecule has 0 bridgehead atoms. The standard InChI is InChI=1S/C10H18O3/c11-8-9-4-7-12-10(13-9)5-2-1-3-6-10/h9,11H,1-8H2/t9-/m1/s1. The number of ether oxygens (including phenoxy) is 2. The van der Waals surface area contributed by atoms with E-state index >= 15 is 0 Å².